The molecule has 0 bridgehead atoms. The van der Waals surface area contributed by atoms with E-state index in [1.165, 1.54) is 0 Å². The molecule has 0 saturated carbocycles. The highest BCUT2D eigenvalue weighted by atomic mass is 16.2. The monoisotopic (exact) mass is 246 g/mol. The maximum absolute atomic E-state index is 8.68. The van der Waals surface area contributed by atoms with Gasteiger partial charge >= 0.3 is 0 Å². The Kier molecular flexibility index (Phi) is 4.84. The topological polar surface area (TPSA) is 63.8 Å². The standard InChI is InChI=1S/C13H18N4O/c18-9-4-2-1-3-8-17-11-13(15-16-17)12-6-5-7-14-10-12/h5-7,10-11,18H,1-4,8-9H2. The van der Waals surface area contributed by atoms with E-state index in [4.69, 9.17) is 5.11 Å². The van der Waals surface area contributed by atoms with Crippen molar-refractivity contribution in [1.29, 1.82) is 0 Å². The number of unbranched alkanes of at least 4 members (excludes halogenated alkanes) is 3. The molecule has 0 spiro atoms. The second-order valence-electron chi connectivity index (χ2n) is 4.25. The van der Waals surface area contributed by atoms with E-state index < -0.39 is 0 Å². The van der Waals surface area contributed by atoms with Crippen LogP contribution < -0.4 is 0 Å². The third-order valence-corrected chi connectivity index (χ3v) is 2.79. The van der Waals surface area contributed by atoms with E-state index in [0.717, 1.165) is 43.5 Å². The van der Waals surface area contributed by atoms with Crippen molar-refractivity contribution in [2.24, 2.45) is 0 Å². The maximum atomic E-state index is 8.68. The van der Waals surface area contributed by atoms with Crippen LogP contribution >= 0.6 is 0 Å². The first-order valence-electron chi connectivity index (χ1n) is 6.31. The van der Waals surface area contributed by atoms with E-state index in [0.29, 0.717) is 0 Å². The van der Waals surface area contributed by atoms with E-state index in [2.05, 4.69) is 15.3 Å². The molecule has 0 aliphatic rings. The molecule has 5 nitrogen and oxygen atoms in total. The molecule has 0 fully saturated rings. The van der Waals surface area contributed by atoms with E-state index >= 15 is 0 Å². The molecule has 0 amide bonds. The lowest BCUT2D eigenvalue weighted by atomic mass is 10.2. The van der Waals surface area contributed by atoms with Crippen LogP contribution in [0.15, 0.2) is 30.7 Å². The van der Waals surface area contributed by atoms with Gasteiger partial charge < -0.3 is 5.11 Å². The van der Waals surface area contributed by atoms with Crippen molar-refractivity contribution in [3.05, 3.63) is 30.7 Å². The Morgan fingerprint density at radius 3 is 2.83 bits per heavy atom. The molecule has 0 saturated heterocycles. The molecule has 0 atom stereocenters. The highest BCUT2D eigenvalue weighted by Gasteiger charge is 2.03. The molecule has 0 unspecified atom stereocenters. The third kappa shape index (κ3) is 3.63. The van der Waals surface area contributed by atoms with Crippen LogP contribution in [0.2, 0.25) is 0 Å². The highest BCUT2D eigenvalue weighted by Crippen LogP contribution is 2.13. The molecule has 2 aromatic heterocycles. The number of rotatable bonds is 7. The van der Waals surface area contributed by atoms with Gasteiger partial charge in [-0.3, -0.25) is 9.67 Å². The minimum Gasteiger partial charge on any atom is -0.396 e. The zero-order chi connectivity index (χ0) is 12.6. The Hall–Kier alpha value is -1.75. The molecule has 0 aromatic carbocycles. The fourth-order valence-corrected chi connectivity index (χ4v) is 1.79. The van der Waals surface area contributed by atoms with E-state index in [9.17, 15) is 0 Å². The summed E-state index contributed by atoms with van der Waals surface area (Å²) in [6, 6.07) is 3.87. The number of hydrogen-bond donors (Lipinski definition) is 1. The number of aryl methyl sites for hydroxylation is 1. The van der Waals surface area contributed by atoms with E-state index in [1.54, 1.807) is 12.4 Å². The van der Waals surface area contributed by atoms with Crippen molar-refractivity contribution in [3.8, 4) is 11.3 Å². The van der Waals surface area contributed by atoms with Crippen LogP contribution in [0.4, 0.5) is 0 Å². The largest absolute Gasteiger partial charge is 0.396 e. The molecule has 2 rings (SSSR count). The molecule has 5 heteroatoms. The average molecular weight is 246 g/mol. The smallest absolute Gasteiger partial charge is 0.114 e. The summed E-state index contributed by atoms with van der Waals surface area (Å²) in [6.07, 6.45) is 9.62. The first-order valence-corrected chi connectivity index (χ1v) is 6.31. The number of pyridine rings is 1. The van der Waals surface area contributed by atoms with E-state index in [-0.39, 0.29) is 6.61 Å². The van der Waals surface area contributed by atoms with Crippen molar-refractivity contribution >= 4 is 0 Å². The van der Waals surface area contributed by atoms with Gasteiger partial charge in [-0.15, -0.1) is 5.10 Å². The summed E-state index contributed by atoms with van der Waals surface area (Å²) < 4.78 is 1.86. The molecule has 2 heterocycles. The van der Waals surface area contributed by atoms with Crippen molar-refractivity contribution in [2.75, 3.05) is 6.61 Å². The van der Waals surface area contributed by atoms with Gasteiger partial charge in [0.25, 0.3) is 0 Å². The molecule has 96 valence electrons. The van der Waals surface area contributed by atoms with Gasteiger partial charge in [-0.1, -0.05) is 18.1 Å². The van der Waals surface area contributed by atoms with Gasteiger partial charge in [-0.25, -0.2) is 0 Å². The lowest BCUT2D eigenvalue weighted by Gasteiger charge is -1.99. The first kappa shape index (κ1) is 12.7. The van der Waals surface area contributed by atoms with Gasteiger partial charge in [-0.05, 0) is 25.0 Å². The van der Waals surface area contributed by atoms with Gasteiger partial charge in [-0.2, -0.15) is 0 Å². The summed E-state index contributed by atoms with van der Waals surface area (Å²) in [4.78, 5) is 4.07. The van der Waals surface area contributed by atoms with Crippen LogP contribution in [0.5, 0.6) is 0 Å². The van der Waals surface area contributed by atoms with E-state index in [1.807, 2.05) is 23.0 Å². The Bertz CT molecular complexity index is 455. The molecule has 0 aliphatic heterocycles. The minimum absolute atomic E-state index is 0.286. The van der Waals surface area contributed by atoms with Crippen LogP contribution in [-0.4, -0.2) is 31.7 Å². The van der Waals surface area contributed by atoms with Crippen LogP contribution in [0.1, 0.15) is 25.7 Å². The third-order valence-electron chi connectivity index (χ3n) is 2.79. The molecule has 2 aromatic rings. The quantitative estimate of drug-likeness (QED) is 0.758. The summed E-state index contributed by atoms with van der Waals surface area (Å²) in [5.41, 5.74) is 1.85. The lowest BCUT2D eigenvalue weighted by Crippen LogP contribution is -1.98. The molecule has 1 N–H and O–H groups in total. The van der Waals surface area contributed by atoms with Gasteiger partial charge in [0.2, 0.25) is 0 Å². The zero-order valence-electron chi connectivity index (χ0n) is 10.4. The number of hydrogen-bond acceptors (Lipinski definition) is 4. The Morgan fingerprint density at radius 2 is 2.06 bits per heavy atom. The molecular formula is C13H18N4O. The first-order chi connectivity index (χ1) is 8.90. The van der Waals surface area contributed by atoms with Crippen LogP contribution in [0.25, 0.3) is 11.3 Å². The average Bonchev–Trinajstić information content (AvgIpc) is 2.88. The summed E-state index contributed by atoms with van der Waals surface area (Å²) >= 11 is 0. The van der Waals surface area contributed by atoms with Crippen molar-refractivity contribution in [2.45, 2.75) is 32.2 Å². The molecule has 0 radical (unpaired) electrons. The van der Waals surface area contributed by atoms with Crippen LogP contribution in [0.3, 0.4) is 0 Å². The number of aliphatic hydroxyl groups excluding tert-OH is 1. The van der Waals surface area contributed by atoms with Gasteiger partial charge in [0, 0.05) is 31.1 Å². The van der Waals surface area contributed by atoms with Crippen LogP contribution in [-0.2, 0) is 6.54 Å². The number of aliphatic hydroxyl groups is 1. The normalized spacial score (nSPS) is 10.7. The Balaban J connectivity index is 1.83. The van der Waals surface area contributed by atoms with Crippen LogP contribution in [0, 0.1) is 0 Å². The maximum Gasteiger partial charge on any atom is 0.114 e. The lowest BCUT2D eigenvalue weighted by molar-refractivity contribution is 0.282. The fourth-order valence-electron chi connectivity index (χ4n) is 1.79. The SMILES string of the molecule is OCCCCCCn1cc(-c2cccnc2)nn1. The summed E-state index contributed by atoms with van der Waals surface area (Å²) in [6.45, 7) is 1.16. The predicted octanol–water partition coefficient (Wildman–Crippen LogP) is 1.89. The Morgan fingerprint density at radius 1 is 1.17 bits per heavy atom. The van der Waals surface area contributed by atoms with Gasteiger partial charge in [0.1, 0.15) is 5.69 Å². The molecular weight excluding hydrogens is 228 g/mol. The Labute approximate surface area is 106 Å². The van der Waals surface area contributed by atoms with Crippen molar-refractivity contribution in [1.82, 2.24) is 20.0 Å². The minimum atomic E-state index is 0.286. The molecule has 0 aliphatic carbocycles. The second kappa shape index (κ2) is 6.86. The number of aromatic nitrogens is 4. The fraction of sp³-hybridized carbons (Fsp3) is 0.462. The van der Waals surface area contributed by atoms with Gasteiger partial charge in [0.05, 0.1) is 6.20 Å². The van der Waals surface area contributed by atoms with Crippen molar-refractivity contribution in [3.63, 3.8) is 0 Å². The van der Waals surface area contributed by atoms with Gasteiger partial charge in [0.15, 0.2) is 0 Å². The summed E-state index contributed by atoms with van der Waals surface area (Å²) in [5, 5.41) is 16.9. The highest BCUT2D eigenvalue weighted by molar-refractivity contribution is 5.55. The predicted molar refractivity (Wildman–Crippen MR) is 68.8 cm³/mol. The summed E-state index contributed by atoms with van der Waals surface area (Å²) in [5.74, 6) is 0. The van der Waals surface area contributed by atoms with Crippen molar-refractivity contribution < 1.29 is 5.11 Å². The second-order valence-corrected chi connectivity index (χ2v) is 4.25. The molecule has 18 heavy (non-hydrogen) atoms. The summed E-state index contributed by atoms with van der Waals surface area (Å²) in [7, 11) is 0. The zero-order valence-corrected chi connectivity index (χ0v) is 10.4. The number of nitrogens with zero attached hydrogens (tertiary/aromatic N) is 4.